The first-order valence-corrected chi connectivity index (χ1v) is 9.77. The zero-order valence-corrected chi connectivity index (χ0v) is 17.3. The van der Waals surface area contributed by atoms with Crippen molar-refractivity contribution in [2.24, 2.45) is 0 Å². The molecule has 1 aliphatic rings. The number of pyridine rings is 3. The third-order valence-electron chi connectivity index (χ3n) is 5.44. The number of carbonyl (C=O) groups excluding carboxylic acids is 1. The Morgan fingerprint density at radius 1 is 1.17 bits per heavy atom. The monoisotopic (exact) mass is 429 g/mol. The van der Waals surface area contributed by atoms with E-state index in [4.69, 9.17) is 11.6 Å². The first-order valence-electron chi connectivity index (χ1n) is 9.39. The van der Waals surface area contributed by atoms with Crippen molar-refractivity contribution in [3.63, 3.8) is 0 Å². The Morgan fingerprint density at radius 3 is 2.57 bits per heavy atom. The number of hydrogen-bond donors (Lipinski definition) is 0. The molecule has 0 N–H and O–H groups in total. The number of carbonyl (C=O) groups is 1. The van der Waals surface area contributed by atoms with Crippen LogP contribution in [0, 0.1) is 25.5 Å². The lowest BCUT2D eigenvalue weighted by atomic mass is 10.0. The second kappa shape index (κ2) is 7.40. The molecule has 0 aromatic carbocycles. The summed E-state index contributed by atoms with van der Waals surface area (Å²) in [5.41, 5.74) is 1.34. The van der Waals surface area contributed by atoms with Gasteiger partial charge in [0.15, 0.2) is 11.6 Å². The minimum atomic E-state index is -0.855. The van der Waals surface area contributed by atoms with Gasteiger partial charge in [0, 0.05) is 25.0 Å². The largest absolute Gasteiger partial charge is 0.293 e. The van der Waals surface area contributed by atoms with Crippen LogP contribution in [0.15, 0.2) is 35.5 Å². The van der Waals surface area contributed by atoms with Gasteiger partial charge in [0.25, 0.3) is 5.56 Å². The van der Waals surface area contributed by atoms with E-state index < -0.39 is 23.0 Å². The van der Waals surface area contributed by atoms with Crippen molar-refractivity contribution in [2.45, 2.75) is 39.0 Å². The molecule has 0 bridgehead atoms. The molecule has 0 amide bonds. The molecule has 3 aromatic heterocycles. The Morgan fingerprint density at radius 2 is 1.90 bits per heavy atom. The van der Waals surface area contributed by atoms with Gasteiger partial charge in [-0.3, -0.25) is 19.1 Å². The zero-order chi connectivity index (χ0) is 21.7. The molecular weight excluding hydrogens is 412 g/mol. The molecule has 0 radical (unpaired) electrons. The number of rotatable bonds is 4. The van der Waals surface area contributed by atoms with E-state index in [1.165, 1.54) is 23.8 Å². The average Bonchev–Trinajstić information content (AvgIpc) is 3.47. The Balaban J connectivity index is 1.81. The van der Waals surface area contributed by atoms with Gasteiger partial charge in [-0.05, 0) is 60.9 Å². The molecule has 0 unspecified atom stereocenters. The highest BCUT2D eigenvalue weighted by molar-refractivity contribution is 6.31. The molecule has 30 heavy (non-hydrogen) atoms. The van der Waals surface area contributed by atoms with Crippen molar-refractivity contribution in [2.75, 3.05) is 0 Å². The second-order valence-corrected chi connectivity index (χ2v) is 7.97. The van der Waals surface area contributed by atoms with Crippen LogP contribution in [0.5, 0.6) is 0 Å². The quantitative estimate of drug-likeness (QED) is 0.566. The molecule has 3 heterocycles. The van der Waals surface area contributed by atoms with Gasteiger partial charge < -0.3 is 0 Å². The summed E-state index contributed by atoms with van der Waals surface area (Å²) in [6, 6.07) is 3.17. The Labute approximate surface area is 176 Å². The van der Waals surface area contributed by atoms with Gasteiger partial charge in [0.2, 0.25) is 0 Å². The molecule has 0 aliphatic heterocycles. The number of ketones is 1. The summed E-state index contributed by atoms with van der Waals surface area (Å²) in [4.78, 5) is 32.5. The van der Waals surface area contributed by atoms with Gasteiger partial charge >= 0.3 is 0 Å². The summed E-state index contributed by atoms with van der Waals surface area (Å²) in [6.45, 7) is 4.50. The summed E-state index contributed by atoms with van der Waals surface area (Å²) in [6.07, 6.45) is 4.82. The Kier molecular flexibility index (Phi) is 5.02. The molecule has 154 valence electrons. The van der Waals surface area contributed by atoms with E-state index >= 15 is 4.39 Å². The first kappa shape index (κ1) is 20.3. The van der Waals surface area contributed by atoms with Crippen molar-refractivity contribution < 1.29 is 13.6 Å². The minimum absolute atomic E-state index is 0.0163. The van der Waals surface area contributed by atoms with Crippen LogP contribution in [0.3, 0.4) is 0 Å². The van der Waals surface area contributed by atoms with Gasteiger partial charge in [0.1, 0.15) is 16.5 Å². The van der Waals surface area contributed by atoms with Gasteiger partial charge in [0.05, 0.1) is 11.9 Å². The molecule has 0 saturated heterocycles. The van der Waals surface area contributed by atoms with E-state index in [2.05, 4.69) is 9.97 Å². The molecule has 1 saturated carbocycles. The predicted octanol–water partition coefficient (Wildman–Crippen LogP) is 4.65. The standard InChI is InChI=1S/C22H18ClF2N3O2/c1-10-7-27-20(12(3)29)19(25)21(10)28-11(2)4-17(18(23)22(28)30)16-6-15(16)13-5-14(24)9-26-8-13/h4-5,7-9,15-16H,6H2,1-3H3/t15-,16+/m1/s1. The van der Waals surface area contributed by atoms with E-state index in [0.29, 0.717) is 23.2 Å². The molecule has 0 spiro atoms. The summed E-state index contributed by atoms with van der Waals surface area (Å²) in [5.74, 6) is -1.83. The summed E-state index contributed by atoms with van der Waals surface area (Å²) < 4.78 is 29.7. The van der Waals surface area contributed by atoms with Crippen LogP contribution < -0.4 is 5.56 Å². The fraction of sp³-hybridized carbons (Fsp3) is 0.273. The van der Waals surface area contributed by atoms with Gasteiger partial charge in [-0.2, -0.15) is 0 Å². The van der Waals surface area contributed by atoms with Crippen LogP contribution in [-0.2, 0) is 0 Å². The number of aromatic nitrogens is 3. The third kappa shape index (κ3) is 3.33. The predicted molar refractivity (Wildman–Crippen MR) is 109 cm³/mol. The number of hydrogen-bond acceptors (Lipinski definition) is 4. The molecule has 2 atom stereocenters. The normalized spacial score (nSPS) is 17.8. The van der Waals surface area contributed by atoms with Crippen molar-refractivity contribution in [1.29, 1.82) is 0 Å². The highest BCUT2D eigenvalue weighted by Gasteiger charge is 2.42. The highest BCUT2D eigenvalue weighted by atomic mass is 35.5. The molecule has 8 heteroatoms. The number of nitrogens with zero attached hydrogens (tertiary/aromatic N) is 3. The van der Waals surface area contributed by atoms with Crippen LogP contribution >= 0.6 is 11.6 Å². The molecule has 1 aliphatic carbocycles. The molecular formula is C22H18ClF2N3O2. The van der Waals surface area contributed by atoms with Crippen LogP contribution in [0.1, 0.15) is 58.1 Å². The van der Waals surface area contributed by atoms with Crippen molar-refractivity contribution in [1.82, 2.24) is 14.5 Å². The van der Waals surface area contributed by atoms with Gasteiger partial charge in [-0.1, -0.05) is 11.6 Å². The lowest BCUT2D eigenvalue weighted by molar-refractivity contribution is 0.100. The zero-order valence-electron chi connectivity index (χ0n) is 16.5. The maximum absolute atomic E-state index is 15.0. The number of Topliss-reactive ketones (excluding diaryl/α,β-unsaturated/α-hetero) is 1. The van der Waals surface area contributed by atoms with E-state index in [1.807, 2.05) is 0 Å². The van der Waals surface area contributed by atoms with E-state index in [0.717, 1.165) is 11.8 Å². The third-order valence-corrected chi connectivity index (χ3v) is 5.82. The van der Waals surface area contributed by atoms with E-state index in [9.17, 15) is 14.0 Å². The average molecular weight is 430 g/mol. The first-order chi connectivity index (χ1) is 14.2. The summed E-state index contributed by atoms with van der Waals surface area (Å²) in [5, 5.41) is -0.0163. The van der Waals surface area contributed by atoms with Crippen LogP contribution in [-0.4, -0.2) is 20.3 Å². The molecule has 3 aromatic rings. The molecule has 4 rings (SSSR count). The van der Waals surface area contributed by atoms with Gasteiger partial charge in [-0.15, -0.1) is 0 Å². The maximum Gasteiger partial charge on any atom is 0.274 e. The maximum atomic E-state index is 15.0. The number of aryl methyl sites for hydroxylation is 2. The lowest BCUT2D eigenvalue weighted by Crippen LogP contribution is -2.25. The molecule has 1 fully saturated rings. The summed E-state index contributed by atoms with van der Waals surface area (Å²) >= 11 is 6.42. The smallest absolute Gasteiger partial charge is 0.274 e. The van der Waals surface area contributed by atoms with E-state index in [-0.39, 0.29) is 28.2 Å². The minimum Gasteiger partial charge on any atom is -0.293 e. The van der Waals surface area contributed by atoms with Crippen LogP contribution in [0.4, 0.5) is 8.78 Å². The Hall–Kier alpha value is -2.93. The summed E-state index contributed by atoms with van der Waals surface area (Å²) in [7, 11) is 0. The van der Waals surface area contributed by atoms with Crippen LogP contribution in [0.25, 0.3) is 5.69 Å². The highest BCUT2D eigenvalue weighted by Crippen LogP contribution is 2.55. The number of halogens is 3. The topological polar surface area (TPSA) is 64.8 Å². The lowest BCUT2D eigenvalue weighted by Gasteiger charge is -2.17. The second-order valence-electron chi connectivity index (χ2n) is 7.59. The van der Waals surface area contributed by atoms with Crippen molar-refractivity contribution in [3.05, 3.63) is 85.8 Å². The van der Waals surface area contributed by atoms with Gasteiger partial charge in [-0.25, -0.2) is 13.8 Å². The SMILES string of the molecule is CC(=O)c1ncc(C)c(-n2c(C)cc([C@H]3C[C@@H]3c3cncc(F)c3)c(Cl)c2=O)c1F. The fourth-order valence-corrected chi connectivity index (χ4v) is 4.18. The Bertz CT molecular complexity index is 1260. The van der Waals surface area contributed by atoms with Crippen molar-refractivity contribution in [3.8, 4) is 5.69 Å². The molecule has 5 nitrogen and oxygen atoms in total. The van der Waals surface area contributed by atoms with Crippen LogP contribution in [0.2, 0.25) is 5.02 Å². The van der Waals surface area contributed by atoms with E-state index in [1.54, 1.807) is 26.1 Å². The fourth-order valence-electron chi connectivity index (χ4n) is 3.91. The van der Waals surface area contributed by atoms with Crippen molar-refractivity contribution >= 4 is 17.4 Å².